The Labute approximate surface area is 111 Å². The molecular formula is C15H28N2O. The Morgan fingerprint density at radius 1 is 1.06 bits per heavy atom. The normalized spacial score (nSPS) is 25.9. The summed E-state index contributed by atoms with van der Waals surface area (Å²) in [5.74, 6) is 0.262. The van der Waals surface area contributed by atoms with Crippen LogP contribution in [0.2, 0.25) is 0 Å². The molecule has 0 aliphatic heterocycles. The molecule has 0 atom stereocenters. The van der Waals surface area contributed by atoms with Gasteiger partial charge in [0.15, 0.2) is 0 Å². The Morgan fingerprint density at radius 2 is 1.61 bits per heavy atom. The maximum absolute atomic E-state index is 12.3. The molecule has 0 aromatic heterocycles. The van der Waals surface area contributed by atoms with Crippen molar-refractivity contribution in [2.75, 3.05) is 13.1 Å². The topological polar surface area (TPSA) is 55.1 Å². The first-order chi connectivity index (χ1) is 8.60. The van der Waals surface area contributed by atoms with Gasteiger partial charge in [-0.1, -0.05) is 39.0 Å². The van der Waals surface area contributed by atoms with Crippen LogP contribution < -0.4 is 11.1 Å². The Morgan fingerprint density at radius 3 is 2.17 bits per heavy atom. The van der Waals surface area contributed by atoms with Crippen LogP contribution in [0.15, 0.2) is 0 Å². The predicted octanol–water partition coefficient (Wildman–Crippen LogP) is 2.59. The summed E-state index contributed by atoms with van der Waals surface area (Å²) >= 11 is 0. The summed E-state index contributed by atoms with van der Waals surface area (Å²) in [5, 5.41) is 3.21. The molecule has 1 amide bonds. The third kappa shape index (κ3) is 2.87. The number of amides is 1. The van der Waals surface area contributed by atoms with E-state index in [1.54, 1.807) is 0 Å². The molecule has 0 bridgehead atoms. The summed E-state index contributed by atoms with van der Waals surface area (Å²) in [5.41, 5.74) is 6.04. The van der Waals surface area contributed by atoms with Gasteiger partial charge >= 0.3 is 0 Å². The van der Waals surface area contributed by atoms with Gasteiger partial charge in [0, 0.05) is 12.0 Å². The van der Waals surface area contributed by atoms with Crippen molar-refractivity contribution in [1.82, 2.24) is 5.32 Å². The van der Waals surface area contributed by atoms with Crippen LogP contribution in [0.3, 0.4) is 0 Å². The summed E-state index contributed by atoms with van der Waals surface area (Å²) in [6, 6.07) is 0. The second kappa shape index (κ2) is 5.60. The molecule has 2 saturated carbocycles. The van der Waals surface area contributed by atoms with Crippen LogP contribution in [0, 0.1) is 10.8 Å². The highest BCUT2D eigenvalue weighted by Gasteiger charge is 2.38. The molecule has 2 fully saturated rings. The number of rotatable bonds is 4. The van der Waals surface area contributed by atoms with Crippen molar-refractivity contribution in [3.63, 3.8) is 0 Å². The zero-order valence-electron chi connectivity index (χ0n) is 11.8. The monoisotopic (exact) mass is 252 g/mol. The summed E-state index contributed by atoms with van der Waals surface area (Å²) in [6.07, 6.45) is 10.7. The van der Waals surface area contributed by atoms with Crippen molar-refractivity contribution in [2.45, 2.75) is 64.7 Å². The third-order valence-corrected chi connectivity index (χ3v) is 5.23. The summed E-state index contributed by atoms with van der Waals surface area (Å²) in [7, 11) is 0. The van der Waals surface area contributed by atoms with Crippen molar-refractivity contribution in [3.8, 4) is 0 Å². The molecule has 0 aromatic rings. The van der Waals surface area contributed by atoms with Crippen molar-refractivity contribution >= 4 is 5.91 Å². The van der Waals surface area contributed by atoms with E-state index in [1.165, 1.54) is 44.9 Å². The molecule has 0 unspecified atom stereocenters. The van der Waals surface area contributed by atoms with E-state index < -0.39 is 0 Å². The number of hydrogen-bond acceptors (Lipinski definition) is 2. The highest BCUT2D eigenvalue weighted by Crippen LogP contribution is 2.39. The quantitative estimate of drug-likeness (QED) is 0.808. The van der Waals surface area contributed by atoms with Gasteiger partial charge in [-0.25, -0.2) is 0 Å². The largest absolute Gasteiger partial charge is 0.355 e. The molecule has 2 rings (SSSR count). The minimum Gasteiger partial charge on any atom is -0.355 e. The average molecular weight is 252 g/mol. The fourth-order valence-electron chi connectivity index (χ4n) is 3.62. The summed E-state index contributed by atoms with van der Waals surface area (Å²) in [6.45, 7) is 3.62. The fraction of sp³-hybridized carbons (Fsp3) is 0.933. The van der Waals surface area contributed by atoms with Crippen LogP contribution in [-0.2, 0) is 4.79 Å². The van der Waals surface area contributed by atoms with E-state index in [4.69, 9.17) is 5.73 Å². The second-order valence-corrected chi connectivity index (χ2v) is 6.72. The Bertz CT molecular complexity index is 289. The molecule has 2 aliphatic carbocycles. The van der Waals surface area contributed by atoms with Crippen LogP contribution in [-0.4, -0.2) is 19.0 Å². The lowest BCUT2D eigenvalue weighted by Crippen LogP contribution is -2.47. The van der Waals surface area contributed by atoms with Gasteiger partial charge < -0.3 is 11.1 Å². The summed E-state index contributed by atoms with van der Waals surface area (Å²) in [4.78, 5) is 12.3. The van der Waals surface area contributed by atoms with Crippen molar-refractivity contribution < 1.29 is 4.79 Å². The first kappa shape index (κ1) is 13.9. The first-order valence-electron chi connectivity index (χ1n) is 7.59. The van der Waals surface area contributed by atoms with Gasteiger partial charge in [-0.05, 0) is 37.6 Å². The smallest absolute Gasteiger partial charge is 0.225 e. The number of carbonyl (C=O) groups excluding carboxylic acids is 1. The van der Waals surface area contributed by atoms with Crippen LogP contribution in [0.25, 0.3) is 0 Å². The Hall–Kier alpha value is -0.570. The number of carbonyl (C=O) groups is 1. The molecule has 104 valence electrons. The zero-order chi connectivity index (χ0) is 13.1. The van der Waals surface area contributed by atoms with Crippen LogP contribution in [0.1, 0.15) is 64.7 Å². The van der Waals surface area contributed by atoms with Crippen molar-refractivity contribution in [2.24, 2.45) is 16.6 Å². The molecule has 0 spiro atoms. The van der Waals surface area contributed by atoms with Gasteiger partial charge in [-0.15, -0.1) is 0 Å². The maximum atomic E-state index is 12.3. The van der Waals surface area contributed by atoms with Crippen molar-refractivity contribution in [1.29, 1.82) is 0 Å². The molecule has 0 aromatic carbocycles. The number of nitrogens with one attached hydrogen (secondary N) is 1. The molecule has 18 heavy (non-hydrogen) atoms. The van der Waals surface area contributed by atoms with E-state index in [-0.39, 0.29) is 16.7 Å². The molecule has 0 saturated heterocycles. The van der Waals surface area contributed by atoms with Gasteiger partial charge in [0.25, 0.3) is 0 Å². The zero-order valence-corrected chi connectivity index (χ0v) is 11.8. The van der Waals surface area contributed by atoms with E-state index in [2.05, 4.69) is 12.2 Å². The van der Waals surface area contributed by atoms with Gasteiger partial charge in [0.2, 0.25) is 5.91 Å². The number of nitrogens with two attached hydrogens (primary N) is 1. The highest BCUT2D eigenvalue weighted by molar-refractivity contribution is 5.82. The third-order valence-electron chi connectivity index (χ3n) is 5.23. The fourth-order valence-corrected chi connectivity index (χ4v) is 3.62. The molecule has 0 heterocycles. The minimum atomic E-state index is -0.107. The number of hydrogen-bond donors (Lipinski definition) is 2. The lowest BCUT2D eigenvalue weighted by Gasteiger charge is -2.37. The molecule has 0 radical (unpaired) electrons. The SMILES string of the molecule is CC1(C(=O)NCC2(CN)CCCCC2)CCCC1. The van der Waals surface area contributed by atoms with E-state index in [9.17, 15) is 4.79 Å². The molecule has 3 nitrogen and oxygen atoms in total. The van der Waals surface area contributed by atoms with Crippen molar-refractivity contribution in [3.05, 3.63) is 0 Å². The van der Waals surface area contributed by atoms with Crippen LogP contribution >= 0.6 is 0 Å². The molecule has 3 heteroatoms. The summed E-state index contributed by atoms with van der Waals surface area (Å²) < 4.78 is 0. The highest BCUT2D eigenvalue weighted by atomic mass is 16.2. The molecule has 2 aliphatic rings. The van der Waals surface area contributed by atoms with Gasteiger partial charge in [0.05, 0.1) is 0 Å². The maximum Gasteiger partial charge on any atom is 0.225 e. The van der Waals surface area contributed by atoms with E-state index in [1.807, 2.05) is 0 Å². The van der Waals surface area contributed by atoms with Gasteiger partial charge in [-0.2, -0.15) is 0 Å². The predicted molar refractivity (Wildman–Crippen MR) is 74.2 cm³/mol. The minimum absolute atomic E-state index is 0.107. The first-order valence-corrected chi connectivity index (χ1v) is 7.59. The lowest BCUT2D eigenvalue weighted by molar-refractivity contribution is -0.130. The lowest BCUT2D eigenvalue weighted by atomic mass is 9.74. The molecular weight excluding hydrogens is 224 g/mol. The Balaban J connectivity index is 1.87. The molecule has 3 N–H and O–H groups in total. The van der Waals surface area contributed by atoms with Crippen LogP contribution in [0.4, 0.5) is 0 Å². The van der Waals surface area contributed by atoms with Gasteiger partial charge in [-0.3, -0.25) is 4.79 Å². The second-order valence-electron chi connectivity index (χ2n) is 6.72. The average Bonchev–Trinajstić information content (AvgIpc) is 2.85. The van der Waals surface area contributed by atoms with E-state index in [0.717, 1.165) is 19.4 Å². The van der Waals surface area contributed by atoms with Gasteiger partial charge in [0.1, 0.15) is 0 Å². The van der Waals surface area contributed by atoms with E-state index >= 15 is 0 Å². The van der Waals surface area contributed by atoms with E-state index in [0.29, 0.717) is 6.54 Å². The standard InChI is InChI=1S/C15H28N2O/c1-14(7-5-6-8-14)13(18)17-12-15(11-16)9-3-2-4-10-15/h2-12,16H2,1H3,(H,17,18). The Kier molecular flexibility index (Phi) is 4.31. The van der Waals surface area contributed by atoms with Crippen LogP contribution in [0.5, 0.6) is 0 Å².